The van der Waals surface area contributed by atoms with Crippen molar-refractivity contribution >= 4 is 22.7 Å². The highest BCUT2D eigenvalue weighted by molar-refractivity contribution is 7.09. The zero-order chi connectivity index (χ0) is 15.5. The fourth-order valence-electron chi connectivity index (χ4n) is 2.93. The van der Waals surface area contributed by atoms with E-state index in [1.54, 1.807) is 11.3 Å². The molecule has 2 unspecified atom stereocenters. The van der Waals surface area contributed by atoms with Crippen LogP contribution in [0.2, 0.25) is 0 Å². The Morgan fingerprint density at radius 3 is 2.68 bits per heavy atom. The quantitative estimate of drug-likeness (QED) is 0.933. The molecule has 0 radical (unpaired) electrons. The van der Waals surface area contributed by atoms with Crippen LogP contribution in [0.15, 0.2) is 29.6 Å². The van der Waals surface area contributed by atoms with Gasteiger partial charge in [-0.3, -0.25) is 0 Å². The minimum Gasteiger partial charge on any atom is -0.377 e. The lowest BCUT2D eigenvalue weighted by atomic mass is 10.1. The van der Waals surface area contributed by atoms with Gasteiger partial charge in [-0.15, -0.1) is 11.3 Å². The number of aryl methyl sites for hydroxylation is 1. The fourth-order valence-corrected chi connectivity index (χ4v) is 3.64. The smallest absolute Gasteiger partial charge is 0.112 e. The highest BCUT2D eigenvalue weighted by Gasteiger charge is 2.23. The van der Waals surface area contributed by atoms with Crippen LogP contribution in [-0.2, 0) is 11.3 Å². The van der Waals surface area contributed by atoms with E-state index in [1.807, 2.05) is 6.92 Å². The van der Waals surface area contributed by atoms with E-state index in [-0.39, 0.29) is 12.2 Å². The van der Waals surface area contributed by atoms with Gasteiger partial charge < -0.3 is 15.0 Å². The van der Waals surface area contributed by atoms with Gasteiger partial charge in [0, 0.05) is 24.2 Å². The van der Waals surface area contributed by atoms with Crippen molar-refractivity contribution in [2.24, 2.45) is 0 Å². The third-order valence-corrected chi connectivity index (χ3v) is 4.73. The summed E-state index contributed by atoms with van der Waals surface area (Å²) in [6.07, 6.45) is 0.525. The number of benzene rings is 1. The van der Waals surface area contributed by atoms with Crippen LogP contribution in [0.1, 0.15) is 24.5 Å². The van der Waals surface area contributed by atoms with Crippen molar-refractivity contribution in [1.29, 1.82) is 0 Å². The summed E-state index contributed by atoms with van der Waals surface area (Å²) in [5, 5.41) is 6.75. The summed E-state index contributed by atoms with van der Waals surface area (Å²) < 4.78 is 5.84. The van der Waals surface area contributed by atoms with Gasteiger partial charge in [-0.05, 0) is 32.9 Å². The van der Waals surface area contributed by atoms with Gasteiger partial charge in [-0.1, -0.05) is 12.1 Å². The van der Waals surface area contributed by atoms with Gasteiger partial charge in [-0.2, -0.15) is 0 Å². The molecule has 0 aliphatic carbocycles. The first-order valence-corrected chi connectivity index (χ1v) is 8.64. The predicted molar refractivity (Wildman–Crippen MR) is 92.8 cm³/mol. The number of rotatable bonds is 4. The predicted octanol–water partition coefficient (Wildman–Crippen LogP) is 3.68. The SMILES string of the molecule is Cc1csc(CNc2ccccc2N2CC(C)OC(C)C2)n1. The van der Waals surface area contributed by atoms with Crippen LogP contribution in [-0.4, -0.2) is 30.3 Å². The Hall–Kier alpha value is -1.59. The fraction of sp³-hybridized carbons (Fsp3) is 0.471. The van der Waals surface area contributed by atoms with Gasteiger partial charge in [0.2, 0.25) is 0 Å². The topological polar surface area (TPSA) is 37.4 Å². The third kappa shape index (κ3) is 3.59. The highest BCUT2D eigenvalue weighted by atomic mass is 32.1. The molecule has 1 saturated heterocycles. The second-order valence-corrected chi connectivity index (χ2v) is 6.86. The molecule has 1 fully saturated rings. The molecule has 1 N–H and O–H groups in total. The maximum Gasteiger partial charge on any atom is 0.112 e. The molecule has 2 aromatic rings. The number of hydrogen-bond acceptors (Lipinski definition) is 5. The summed E-state index contributed by atoms with van der Waals surface area (Å²) in [5.74, 6) is 0. The molecule has 1 aliphatic rings. The summed E-state index contributed by atoms with van der Waals surface area (Å²) in [6.45, 7) is 8.93. The van der Waals surface area contributed by atoms with E-state index in [4.69, 9.17) is 4.74 Å². The van der Waals surface area contributed by atoms with Crippen LogP contribution < -0.4 is 10.2 Å². The lowest BCUT2D eigenvalue weighted by Gasteiger charge is -2.37. The van der Waals surface area contributed by atoms with E-state index in [2.05, 4.69) is 58.7 Å². The summed E-state index contributed by atoms with van der Waals surface area (Å²) in [5.41, 5.74) is 3.50. The summed E-state index contributed by atoms with van der Waals surface area (Å²) in [6, 6.07) is 8.49. The largest absolute Gasteiger partial charge is 0.377 e. The Kier molecular flexibility index (Phi) is 4.64. The maximum atomic E-state index is 5.84. The van der Waals surface area contributed by atoms with Gasteiger partial charge in [0.15, 0.2) is 0 Å². The van der Waals surface area contributed by atoms with Crippen molar-refractivity contribution in [2.45, 2.75) is 39.5 Å². The number of nitrogens with zero attached hydrogens (tertiary/aromatic N) is 2. The molecule has 118 valence electrons. The van der Waals surface area contributed by atoms with Gasteiger partial charge in [0.05, 0.1) is 30.1 Å². The molecule has 4 nitrogen and oxygen atoms in total. The number of morpholine rings is 1. The molecule has 0 amide bonds. The van der Waals surface area contributed by atoms with E-state index in [1.165, 1.54) is 5.69 Å². The standard InChI is InChI=1S/C17H23N3OS/c1-12-11-22-17(19-12)8-18-15-6-4-5-7-16(15)20-9-13(2)21-14(3)10-20/h4-7,11,13-14,18H,8-10H2,1-3H3. The van der Waals surface area contributed by atoms with Crippen molar-refractivity contribution in [1.82, 2.24) is 4.98 Å². The number of para-hydroxylation sites is 2. The van der Waals surface area contributed by atoms with Crippen molar-refractivity contribution in [2.75, 3.05) is 23.3 Å². The van der Waals surface area contributed by atoms with Gasteiger partial charge in [0.1, 0.15) is 5.01 Å². The molecular formula is C17H23N3OS. The molecule has 0 spiro atoms. The first-order chi connectivity index (χ1) is 10.6. The Labute approximate surface area is 136 Å². The Morgan fingerprint density at radius 1 is 1.27 bits per heavy atom. The van der Waals surface area contributed by atoms with E-state index in [9.17, 15) is 0 Å². The normalized spacial score (nSPS) is 21.9. The van der Waals surface area contributed by atoms with Crippen molar-refractivity contribution in [3.05, 3.63) is 40.3 Å². The van der Waals surface area contributed by atoms with Crippen LogP contribution in [0.5, 0.6) is 0 Å². The van der Waals surface area contributed by atoms with Crippen LogP contribution in [0.3, 0.4) is 0 Å². The average Bonchev–Trinajstić information content (AvgIpc) is 2.90. The van der Waals surface area contributed by atoms with Crippen LogP contribution in [0.25, 0.3) is 0 Å². The molecule has 1 aromatic heterocycles. The molecule has 2 atom stereocenters. The molecule has 5 heteroatoms. The van der Waals surface area contributed by atoms with Crippen molar-refractivity contribution < 1.29 is 4.74 Å². The molecule has 22 heavy (non-hydrogen) atoms. The zero-order valence-electron chi connectivity index (χ0n) is 13.4. The van der Waals surface area contributed by atoms with E-state index >= 15 is 0 Å². The number of ether oxygens (including phenoxy) is 1. The van der Waals surface area contributed by atoms with Crippen LogP contribution >= 0.6 is 11.3 Å². The van der Waals surface area contributed by atoms with E-state index < -0.39 is 0 Å². The van der Waals surface area contributed by atoms with Gasteiger partial charge >= 0.3 is 0 Å². The lowest BCUT2D eigenvalue weighted by molar-refractivity contribution is -0.00517. The minimum absolute atomic E-state index is 0.262. The second kappa shape index (κ2) is 6.67. The number of thiazole rings is 1. The monoisotopic (exact) mass is 317 g/mol. The first kappa shape index (κ1) is 15.3. The third-order valence-electron chi connectivity index (χ3n) is 3.76. The summed E-state index contributed by atoms with van der Waals surface area (Å²) in [4.78, 5) is 6.93. The Morgan fingerprint density at radius 2 is 2.00 bits per heavy atom. The molecule has 1 aromatic carbocycles. The molecule has 0 bridgehead atoms. The van der Waals surface area contributed by atoms with Crippen molar-refractivity contribution in [3.8, 4) is 0 Å². The number of aromatic nitrogens is 1. The number of anilines is 2. The average molecular weight is 317 g/mol. The number of nitrogens with one attached hydrogen (secondary N) is 1. The molecular weight excluding hydrogens is 294 g/mol. The van der Waals surface area contributed by atoms with Gasteiger partial charge in [0.25, 0.3) is 0 Å². The Bertz CT molecular complexity index is 618. The summed E-state index contributed by atoms with van der Waals surface area (Å²) in [7, 11) is 0. The van der Waals surface area contributed by atoms with E-state index in [0.29, 0.717) is 0 Å². The van der Waals surface area contributed by atoms with Crippen LogP contribution in [0, 0.1) is 6.92 Å². The lowest BCUT2D eigenvalue weighted by Crippen LogP contribution is -2.45. The molecule has 0 saturated carbocycles. The highest BCUT2D eigenvalue weighted by Crippen LogP contribution is 2.29. The molecule has 2 heterocycles. The Balaban J connectivity index is 1.74. The summed E-state index contributed by atoms with van der Waals surface area (Å²) >= 11 is 1.70. The number of hydrogen-bond donors (Lipinski definition) is 1. The molecule has 3 rings (SSSR count). The zero-order valence-corrected chi connectivity index (χ0v) is 14.2. The second-order valence-electron chi connectivity index (χ2n) is 5.92. The molecule has 1 aliphatic heterocycles. The van der Waals surface area contributed by atoms with E-state index in [0.717, 1.165) is 36.0 Å². The first-order valence-electron chi connectivity index (χ1n) is 7.76. The van der Waals surface area contributed by atoms with Crippen LogP contribution in [0.4, 0.5) is 11.4 Å². The minimum atomic E-state index is 0.262. The van der Waals surface area contributed by atoms with Gasteiger partial charge in [-0.25, -0.2) is 4.98 Å². The maximum absolute atomic E-state index is 5.84. The van der Waals surface area contributed by atoms with Crippen molar-refractivity contribution in [3.63, 3.8) is 0 Å².